The summed E-state index contributed by atoms with van der Waals surface area (Å²) in [5.74, 6) is 0.703. The Balaban J connectivity index is 2.11. The minimum Gasteiger partial charge on any atom is -0.497 e. The number of nitrogens with zero attached hydrogens (tertiary/aromatic N) is 3. The van der Waals surface area contributed by atoms with Crippen LogP contribution in [0, 0.1) is 0 Å². The molecule has 2 aromatic heterocycles. The molecule has 0 aliphatic carbocycles. The van der Waals surface area contributed by atoms with Crippen molar-refractivity contribution >= 4 is 11.6 Å². The summed E-state index contributed by atoms with van der Waals surface area (Å²) in [6.07, 6.45) is 1.56. The SMILES string of the molecule is COc1cc(OC)cc(-c2nc3cc(C(=O)O)ccn3n2)c1. The molecule has 22 heavy (non-hydrogen) atoms. The molecule has 3 aromatic rings. The molecular weight excluding hydrogens is 286 g/mol. The van der Waals surface area contributed by atoms with Crippen molar-refractivity contribution in [1.82, 2.24) is 14.6 Å². The number of rotatable bonds is 4. The van der Waals surface area contributed by atoms with Crippen LogP contribution in [0.4, 0.5) is 0 Å². The maximum atomic E-state index is 11.0. The minimum absolute atomic E-state index is 0.162. The van der Waals surface area contributed by atoms with Gasteiger partial charge in [-0.2, -0.15) is 0 Å². The van der Waals surface area contributed by atoms with Crippen molar-refractivity contribution in [2.24, 2.45) is 0 Å². The van der Waals surface area contributed by atoms with Crippen LogP contribution in [0.15, 0.2) is 36.5 Å². The first kappa shape index (κ1) is 13.9. The van der Waals surface area contributed by atoms with Gasteiger partial charge in [0.1, 0.15) is 11.5 Å². The molecule has 0 amide bonds. The van der Waals surface area contributed by atoms with Crippen LogP contribution in [0.2, 0.25) is 0 Å². The fraction of sp³-hybridized carbons (Fsp3) is 0.133. The number of aromatic nitrogens is 3. The van der Waals surface area contributed by atoms with Crippen molar-refractivity contribution < 1.29 is 19.4 Å². The van der Waals surface area contributed by atoms with E-state index in [2.05, 4.69) is 10.1 Å². The van der Waals surface area contributed by atoms with E-state index in [1.165, 1.54) is 16.6 Å². The smallest absolute Gasteiger partial charge is 0.335 e. The van der Waals surface area contributed by atoms with Gasteiger partial charge in [0, 0.05) is 17.8 Å². The Hall–Kier alpha value is -3.09. The summed E-state index contributed by atoms with van der Waals surface area (Å²) >= 11 is 0. The van der Waals surface area contributed by atoms with E-state index in [0.29, 0.717) is 23.0 Å². The second-order valence-electron chi connectivity index (χ2n) is 4.56. The van der Waals surface area contributed by atoms with Crippen molar-refractivity contribution in [3.8, 4) is 22.9 Å². The van der Waals surface area contributed by atoms with Crippen LogP contribution in [-0.2, 0) is 0 Å². The van der Waals surface area contributed by atoms with Gasteiger partial charge in [-0.05, 0) is 24.3 Å². The van der Waals surface area contributed by atoms with Crippen molar-refractivity contribution in [3.05, 3.63) is 42.1 Å². The highest BCUT2D eigenvalue weighted by Gasteiger charge is 2.11. The van der Waals surface area contributed by atoms with Crippen molar-refractivity contribution in [2.45, 2.75) is 0 Å². The Bertz CT molecular complexity index is 835. The third-order valence-corrected chi connectivity index (χ3v) is 3.19. The molecule has 0 unspecified atom stereocenters. The first-order valence-corrected chi connectivity index (χ1v) is 6.44. The summed E-state index contributed by atoms with van der Waals surface area (Å²) in [5.41, 5.74) is 1.34. The maximum absolute atomic E-state index is 11.0. The van der Waals surface area contributed by atoms with Crippen LogP contribution < -0.4 is 9.47 Å². The van der Waals surface area contributed by atoms with Crippen LogP contribution >= 0.6 is 0 Å². The summed E-state index contributed by atoms with van der Waals surface area (Å²) in [7, 11) is 3.13. The van der Waals surface area contributed by atoms with E-state index >= 15 is 0 Å². The molecule has 112 valence electrons. The average Bonchev–Trinajstić information content (AvgIpc) is 2.97. The highest BCUT2D eigenvalue weighted by atomic mass is 16.5. The predicted molar refractivity (Wildman–Crippen MR) is 78.5 cm³/mol. The Kier molecular flexibility index (Phi) is 3.38. The fourth-order valence-electron chi connectivity index (χ4n) is 2.07. The van der Waals surface area contributed by atoms with Crippen LogP contribution in [0.25, 0.3) is 17.0 Å². The lowest BCUT2D eigenvalue weighted by Gasteiger charge is -2.05. The quantitative estimate of drug-likeness (QED) is 0.794. The first-order valence-electron chi connectivity index (χ1n) is 6.44. The number of carbonyl (C=O) groups is 1. The summed E-state index contributed by atoms with van der Waals surface area (Å²) in [6.45, 7) is 0. The number of ether oxygens (including phenoxy) is 2. The molecular formula is C15H13N3O4. The molecule has 0 bridgehead atoms. The van der Waals surface area contributed by atoms with Gasteiger partial charge in [-0.25, -0.2) is 14.3 Å². The highest BCUT2D eigenvalue weighted by Crippen LogP contribution is 2.28. The van der Waals surface area contributed by atoms with Gasteiger partial charge in [0.2, 0.25) is 0 Å². The molecule has 0 radical (unpaired) electrons. The molecule has 0 saturated heterocycles. The Morgan fingerprint density at radius 3 is 2.41 bits per heavy atom. The molecule has 1 aromatic carbocycles. The molecule has 0 saturated carbocycles. The zero-order valence-corrected chi connectivity index (χ0v) is 12.0. The number of benzene rings is 1. The van der Waals surface area contributed by atoms with E-state index in [1.807, 2.05) is 0 Å². The third-order valence-electron chi connectivity index (χ3n) is 3.19. The molecule has 0 fully saturated rings. The largest absolute Gasteiger partial charge is 0.497 e. The lowest BCUT2D eigenvalue weighted by atomic mass is 10.2. The number of hydrogen-bond acceptors (Lipinski definition) is 5. The van der Waals surface area contributed by atoms with Gasteiger partial charge in [-0.15, -0.1) is 5.10 Å². The van der Waals surface area contributed by atoms with E-state index in [4.69, 9.17) is 14.6 Å². The lowest BCUT2D eigenvalue weighted by Crippen LogP contribution is -1.97. The van der Waals surface area contributed by atoms with Gasteiger partial charge in [0.05, 0.1) is 19.8 Å². The first-order chi connectivity index (χ1) is 10.6. The zero-order valence-electron chi connectivity index (χ0n) is 12.0. The van der Waals surface area contributed by atoms with Gasteiger partial charge in [0.25, 0.3) is 0 Å². The summed E-state index contributed by atoms with van der Waals surface area (Å²) in [5, 5.41) is 13.3. The molecule has 0 aliphatic rings. The van der Waals surface area contributed by atoms with E-state index in [9.17, 15) is 4.79 Å². The number of aromatic carboxylic acids is 1. The van der Waals surface area contributed by atoms with E-state index in [0.717, 1.165) is 5.56 Å². The van der Waals surface area contributed by atoms with Crippen LogP contribution in [0.3, 0.4) is 0 Å². The van der Waals surface area contributed by atoms with Gasteiger partial charge in [-0.3, -0.25) is 0 Å². The summed E-state index contributed by atoms with van der Waals surface area (Å²) in [6, 6.07) is 8.27. The molecule has 2 heterocycles. The fourth-order valence-corrected chi connectivity index (χ4v) is 2.07. The number of hydrogen-bond donors (Lipinski definition) is 1. The van der Waals surface area contributed by atoms with Crippen LogP contribution in [0.1, 0.15) is 10.4 Å². The second kappa shape index (κ2) is 5.36. The van der Waals surface area contributed by atoms with Crippen molar-refractivity contribution in [1.29, 1.82) is 0 Å². The lowest BCUT2D eigenvalue weighted by molar-refractivity contribution is 0.0697. The third kappa shape index (κ3) is 2.44. The molecule has 7 heteroatoms. The standard InChI is InChI=1S/C15H13N3O4/c1-21-11-5-10(6-12(8-11)22-2)14-16-13-7-9(15(19)20)3-4-18(13)17-14/h3-8H,1-2H3,(H,19,20). The highest BCUT2D eigenvalue weighted by molar-refractivity contribution is 5.88. The van der Waals surface area contributed by atoms with E-state index < -0.39 is 5.97 Å². The molecule has 0 atom stereocenters. The molecule has 0 aliphatic heterocycles. The van der Waals surface area contributed by atoms with E-state index in [-0.39, 0.29) is 5.56 Å². The Morgan fingerprint density at radius 1 is 1.14 bits per heavy atom. The monoisotopic (exact) mass is 299 g/mol. The summed E-state index contributed by atoms with van der Waals surface area (Å²) in [4.78, 5) is 15.4. The Morgan fingerprint density at radius 2 is 1.82 bits per heavy atom. The zero-order chi connectivity index (χ0) is 15.7. The van der Waals surface area contributed by atoms with Gasteiger partial charge in [0.15, 0.2) is 11.5 Å². The van der Waals surface area contributed by atoms with Gasteiger partial charge < -0.3 is 14.6 Å². The molecule has 0 spiro atoms. The average molecular weight is 299 g/mol. The number of pyridine rings is 1. The Labute approximate surface area is 125 Å². The number of carboxylic acid groups (broad SMARTS) is 1. The number of carboxylic acids is 1. The van der Waals surface area contributed by atoms with Crippen molar-refractivity contribution in [3.63, 3.8) is 0 Å². The molecule has 7 nitrogen and oxygen atoms in total. The van der Waals surface area contributed by atoms with E-state index in [1.54, 1.807) is 38.6 Å². The number of methoxy groups -OCH3 is 2. The van der Waals surface area contributed by atoms with Gasteiger partial charge in [-0.1, -0.05) is 0 Å². The number of fused-ring (bicyclic) bond motifs is 1. The topological polar surface area (TPSA) is 86.0 Å². The van der Waals surface area contributed by atoms with Gasteiger partial charge >= 0.3 is 5.97 Å². The predicted octanol–water partition coefficient (Wildman–Crippen LogP) is 2.11. The van der Waals surface area contributed by atoms with Crippen LogP contribution in [0.5, 0.6) is 11.5 Å². The second-order valence-corrected chi connectivity index (χ2v) is 4.56. The molecule has 3 rings (SSSR count). The normalized spacial score (nSPS) is 10.6. The maximum Gasteiger partial charge on any atom is 0.335 e. The summed E-state index contributed by atoms with van der Waals surface area (Å²) < 4.78 is 12.0. The minimum atomic E-state index is -1.00. The van der Waals surface area contributed by atoms with Crippen molar-refractivity contribution in [2.75, 3.05) is 14.2 Å². The molecule has 1 N–H and O–H groups in total. The van der Waals surface area contributed by atoms with Crippen LogP contribution in [-0.4, -0.2) is 39.9 Å².